The number of aromatic nitrogens is 6. The molecule has 0 saturated heterocycles. The van der Waals surface area contributed by atoms with Crippen LogP contribution in [0.5, 0.6) is 5.75 Å². The van der Waals surface area contributed by atoms with E-state index >= 15 is 0 Å². The number of benzene rings is 2. The van der Waals surface area contributed by atoms with Crippen LogP contribution in [-0.2, 0) is 20.6 Å². The minimum absolute atomic E-state index is 0.153. The van der Waals surface area contributed by atoms with Gasteiger partial charge in [-0.25, -0.2) is 4.79 Å². The third-order valence-corrected chi connectivity index (χ3v) is 6.40. The Balaban J connectivity index is 1.61. The first kappa shape index (κ1) is 17.4. The molecule has 0 amide bonds. The Kier molecular flexibility index (Phi) is 3.80. The summed E-state index contributed by atoms with van der Waals surface area (Å²) < 4.78 is 33.1. The first-order valence-electron chi connectivity index (χ1n) is 12.5. The number of rotatable bonds is 5. The Bertz CT molecular complexity index is 1790. The molecule has 0 aliphatic heterocycles. The highest BCUT2D eigenvalue weighted by atomic mass is 16.5. The van der Waals surface area contributed by atoms with Crippen LogP contribution in [0, 0.1) is 5.92 Å². The van der Waals surface area contributed by atoms with Crippen molar-refractivity contribution in [3.05, 3.63) is 69.5 Å². The van der Waals surface area contributed by atoms with Crippen molar-refractivity contribution < 1.29 is 8.85 Å². The molecule has 34 heavy (non-hydrogen) atoms. The second-order valence-corrected chi connectivity index (χ2v) is 8.83. The lowest BCUT2D eigenvalue weighted by Crippen LogP contribution is -2.24. The molecule has 0 N–H and O–H groups in total. The maximum atomic E-state index is 14.0. The van der Waals surface area contributed by atoms with Crippen molar-refractivity contribution in [1.29, 1.82) is 0 Å². The lowest BCUT2D eigenvalue weighted by Gasteiger charge is -2.12. The number of hydrogen-bond donors (Lipinski definition) is 0. The molecule has 172 valence electrons. The molecule has 0 unspecified atom stereocenters. The second-order valence-electron chi connectivity index (χ2n) is 8.83. The number of hydrogen-bond acceptors (Lipinski definition) is 5. The van der Waals surface area contributed by atoms with E-state index in [1.807, 2.05) is 25.4 Å². The molecule has 3 heterocycles. The number of nitrogens with zero attached hydrogens (tertiary/aromatic N) is 6. The number of fused-ring (bicyclic) bond motifs is 2. The van der Waals surface area contributed by atoms with E-state index in [1.54, 1.807) is 34.5 Å². The molecule has 0 atom stereocenters. The minimum atomic E-state index is -2.59. The van der Waals surface area contributed by atoms with Crippen molar-refractivity contribution in [2.45, 2.75) is 19.4 Å². The molecule has 0 radical (unpaired) electrons. The van der Waals surface area contributed by atoms with Crippen molar-refractivity contribution >= 4 is 22.1 Å². The molecule has 9 nitrogen and oxygen atoms in total. The fourth-order valence-corrected chi connectivity index (χ4v) is 4.48. The molecule has 2 aromatic carbocycles. The van der Waals surface area contributed by atoms with Crippen LogP contribution in [0.2, 0.25) is 0 Å². The zero-order valence-corrected chi connectivity index (χ0v) is 18.7. The SMILES string of the molecule is [2H]C([2H])([2H])Oc1ccc(-c2c(=O)n(-c3ccc4nn(C)cc4c3)nc3c2n(CC2CC2)c(=O)n3C)cc1. The Morgan fingerprint density at radius 1 is 1.09 bits per heavy atom. The Hall–Kier alpha value is -4.14. The molecule has 0 spiro atoms. The predicted octanol–water partition coefficient (Wildman–Crippen LogP) is 2.86. The van der Waals surface area contributed by atoms with E-state index in [-0.39, 0.29) is 11.4 Å². The number of aryl methyl sites for hydroxylation is 2. The van der Waals surface area contributed by atoms with Gasteiger partial charge in [0, 0.05) is 32.2 Å². The van der Waals surface area contributed by atoms with Crippen LogP contribution in [-0.4, -0.2) is 35.7 Å². The molecule has 3 aromatic heterocycles. The van der Waals surface area contributed by atoms with E-state index < -0.39 is 12.6 Å². The van der Waals surface area contributed by atoms with E-state index in [2.05, 4.69) is 10.2 Å². The van der Waals surface area contributed by atoms with Gasteiger partial charge in [0.15, 0.2) is 5.65 Å². The summed E-state index contributed by atoms with van der Waals surface area (Å²) in [5.41, 5.74) is 2.39. The molecule has 9 heteroatoms. The monoisotopic (exact) mass is 459 g/mol. The second kappa shape index (κ2) is 7.44. The third-order valence-electron chi connectivity index (χ3n) is 6.40. The predicted molar refractivity (Wildman–Crippen MR) is 130 cm³/mol. The Morgan fingerprint density at radius 3 is 2.62 bits per heavy atom. The van der Waals surface area contributed by atoms with Gasteiger partial charge >= 0.3 is 5.69 Å². The summed E-state index contributed by atoms with van der Waals surface area (Å²) in [6.45, 7) is 0.510. The van der Waals surface area contributed by atoms with Crippen LogP contribution in [0.4, 0.5) is 0 Å². The number of ether oxygens (including phenoxy) is 1. The topological polar surface area (TPSA) is 88.9 Å². The lowest BCUT2D eigenvalue weighted by atomic mass is 10.1. The summed E-state index contributed by atoms with van der Waals surface area (Å²) in [6.07, 6.45) is 3.93. The van der Waals surface area contributed by atoms with E-state index in [0.717, 1.165) is 23.7 Å². The first-order chi connectivity index (χ1) is 17.6. The minimum Gasteiger partial charge on any atom is -0.497 e. The van der Waals surface area contributed by atoms with E-state index in [1.165, 1.54) is 21.4 Å². The smallest absolute Gasteiger partial charge is 0.330 e. The van der Waals surface area contributed by atoms with Gasteiger partial charge in [0.25, 0.3) is 5.56 Å². The Labute approximate surface area is 198 Å². The highest BCUT2D eigenvalue weighted by Gasteiger charge is 2.28. The van der Waals surface area contributed by atoms with E-state index in [4.69, 9.17) is 8.85 Å². The van der Waals surface area contributed by atoms with Gasteiger partial charge in [0.2, 0.25) is 0 Å². The van der Waals surface area contributed by atoms with Crippen LogP contribution in [0.3, 0.4) is 0 Å². The van der Waals surface area contributed by atoms with Gasteiger partial charge in [-0.15, -0.1) is 5.10 Å². The van der Waals surface area contributed by atoms with Gasteiger partial charge < -0.3 is 4.74 Å². The zero-order valence-electron chi connectivity index (χ0n) is 21.7. The summed E-state index contributed by atoms with van der Waals surface area (Å²) in [5, 5.41) is 9.88. The van der Waals surface area contributed by atoms with Crippen molar-refractivity contribution in [3.63, 3.8) is 0 Å². The molecule has 6 rings (SSSR count). The van der Waals surface area contributed by atoms with Gasteiger partial charge in [-0.2, -0.15) is 9.78 Å². The van der Waals surface area contributed by atoms with E-state index in [9.17, 15) is 9.59 Å². The third kappa shape index (κ3) is 3.15. The van der Waals surface area contributed by atoms with Crippen LogP contribution in [0.25, 0.3) is 38.9 Å². The fraction of sp³-hybridized carbons (Fsp3) is 0.280. The van der Waals surface area contributed by atoms with Crippen molar-refractivity contribution in [2.75, 3.05) is 7.04 Å². The first-order valence-corrected chi connectivity index (χ1v) is 11.0. The van der Waals surface area contributed by atoms with Crippen LogP contribution < -0.4 is 16.0 Å². The van der Waals surface area contributed by atoms with Crippen LogP contribution in [0.15, 0.2) is 58.3 Å². The lowest BCUT2D eigenvalue weighted by molar-refractivity contribution is 0.415. The van der Waals surface area contributed by atoms with Crippen molar-refractivity contribution in [2.24, 2.45) is 20.0 Å². The van der Waals surface area contributed by atoms with Crippen molar-refractivity contribution in [1.82, 2.24) is 28.7 Å². The maximum Gasteiger partial charge on any atom is 0.330 e. The fourth-order valence-electron chi connectivity index (χ4n) is 4.48. The summed E-state index contributed by atoms with van der Waals surface area (Å²) in [6, 6.07) is 11.7. The van der Waals surface area contributed by atoms with Gasteiger partial charge in [-0.3, -0.25) is 18.6 Å². The van der Waals surface area contributed by atoms with Gasteiger partial charge in [-0.05, 0) is 54.7 Å². The molecule has 1 aliphatic rings. The highest BCUT2D eigenvalue weighted by Crippen LogP contribution is 2.33. The summed E-state index contributed by atoms with van der Waals surface area (Å²) in [4.78, 5) is 27.3. The largest absolute Gasteiger partial charge is 0.497 e. The van der Waals surface area contributed by atoms with Crippen LogP contribution in [0.1, 0.15) is 17.0 Å². The van der Waals surface area contributed by atoms with E-state index in [0.29, 0.717) is 40.4 Å². The average molecular weight is 460 g/mol. The molecule has 1 fully saturated rings. The summed E-state index contributed by atoms with van der Waals surface area (Å²) in [5.74, 6) is 0.543. The number of imidazole rings is 1. The summed E-state index contributed by atoms with van der Waals surface area (Å²) >= 11 is 0. The highest BCUT2D eigenvalue weighted by molar-refractivity contribution is 5.90. The van der Waals surface area contributed by atoms with Crippen LogP contribution >= 0.6 is 0 Å². The van der Waals surface area contributed by atoms with Gasteiger partial charge in [0.1, 0.15) is 11.3 Å². The van der Waals surface area contributed by atoms with Gasteiger partial charge in [-0.1, -0.05) is 12.1 Å². The molecular weight excluding hydrogens is 432 g/mol. The molecule has 1 aliphatic carbocycles. The molecule has 1 saturated carbocycles. The molecule has 0 bridgehead atoms. The average Bonchev–Trinajstić information content (AvgIpc) is 3.54. The molecular formula is C25H24N6O3. The van der Waals surface area contributed by atoms with Gasteiger partial charge in [0.05, 0.1) is 27.9 Å². The number of methoxy groups -OCH3 is 1. The summed E-state index contributed by atoms with van der Waals surface area (Å²) in [7, 11) is 0.886. The normalized spacial score (nSPS) is 15.4. The zero-order chi connectivity index (χ0) is 26.1. The molecule has 5 aromatic rings. The Morgan fingerprint density at radius 2 is 1.88 bits per heavy atom. The standard InChI is InChI=1S/C25H24N6O3/c1-28-14-17-12-18(8-11-20(17)26-28)31-24(32)21(16-6-9-19(34-3)10-7-16)22-23(27-31)29(2)25(33)30(22)13-15-4-5-15/h6-12,14-15H,4-5,13H2,1-3H3/i3D3. The quantitative estimate of drug-likeness (QED) is 0.403. The van der Waals surface area contributed by atoms with Crippen molar-refractivity contribution in [3.8, 4) is 22.6 Å². The maximum absolute atomic E-state index is 14.0.